The summed E-state index contributed by atoms with van der Waals surface area (Å²) in [7, 11) is 3.25. The Labute approximate surface area is 385 Å². The van der Waals surface area contributed by atoms with Gasteiger partial charge in [-0.15, -0.1) is 0 Å². The van der Waals surface area contributed by atoms with Crippen molar-refractivity contribution in [2.75, 3.05) is 27.2 Å². The number of carbonyl (C=O) groups is 4. The van der Waals surface area contributed by atoms with Crippen LogP contribution < -0.4 is 16.0 Å². The highest BCUT2D eigenvalue weighted by Crippen LogP contribution is 2.39. The summed E-state index contributed by atoms with van der Waals surface area (Å²) in [6.07, 6.45) is 0.176. The molecule has 3 N–H and O–H groups in total. The molecule has 2 heterocycles. The van der Waals surface area contributed by atoms with Crippen molar-refractivity contribution in [3.8, 4) is 51.0 Å². The lowest BCUT2D eigenvalue weighted by atomic mass is 9.97. The van der Waals surface area contributed by atoms with Crippen molar-refractivity contribution in [1.82, 2.24) is 20.9 Å². The lowest BCUT2D eigenvalue weighted by Gasteiger charge is -2.19. The first-order valence-corrected chi connectivity index (χ1v) is 21.6. The summed E-state index contributed by atoms with van der Waals surface area (Å²) in [6, 6.07) is 36.4. The average molecular weight is 898 g/mol. The molecule has 11 nitrogen and oxygen atoms in total. The van der Waals surface area contributed by atoms with Crippen LogP contribution in [0.5, 0.6) is 0 Å². The molecule has 8 aromatic rings. The third-order valence-electron chi connectivity index (χ3n) is 11.3. The topological polar surface area (TPSA) is 158 Å². The van der Waals surface area contributed by atoms with Gasteiger partial charge in [0.1, 0.15) is 34.3 Å². The van der Waals surface area contributed by atoms with E-state index in [4.69, 9.17) is 14.1 Å². The molecular weight excluding hydrogens is 853 g/mol. The second-order valence-corrected chi connectivity index (χ2v) is 16.5. The van der Waals surface area contributed by atoms with Crippen molar-refractivity contribution < 1.29 is 36.8 Å². The molecule has 8 rings (SSSR count). The van der Waals surface area contributed by atoms with E-state index in [-0.39, 0.29) is 59.9 Å². The number of nitriles is 1. The predicted octanol–water partition coefficient (Wildman–Crippen LogP) is 10.8. The zero-order chi connectivity index (χ0) is 47.4. The van der Waals surface area contributed by atoms with Crippen LogP contribution in [0.2, 0.25) is 0 Å². The monoisotopic (exact) mass is 897 g/mol. The Morgan fingerprint density at radius 2 is 1.21 bits per heavy atom. The average Bonchev–Trinajstić information content (AvgIpc) is 3.91. The molecule has 6 aromatic carbocycles. The number of hydrogen-bond acceptors (Lipinski definition) is 7. The van der Waals surface area contributed by atoms with Crippen molar-refractivity contribution in [1.29, 1.82) is 5.26 Å². The van der Waals surface area contributed by atoms with Gasteiger partial charge in [-0.2, -0.15) is 5.26 Å². The zero-order valence-electron chi connectivity index (χ0n) is 37.1. The van der Waals surface area contributed by atoms with E-state index in [2.05, 4.69) is 16.0 Å². The summed E-state index contributed by atoms with van der Waals surface area (Å²) in [4.78, 5) is 56.1. The second-order valence-electron chi connectivity index (χ2n) is 16.5. The largest absolute Gasteiger partial charge is 0.455 e. The minimum absolute atomic E-state index is 0.122. The van der Waals surface area contributed by atoms with Gasteiger partial charge < -0.3 is 29.7 Å². The number of furan rings is 2. The highest BCUT2D eigenvalue weighted by Gasteiger charge is 2.27. The summed E-state index contributed by atoms with van der Waals surface area (Å²) in [5.74, 6) is -1.96. The Bertz CT molecular complexity index is 3260. The van der Waals surface area contributed by atoms with Gasteiger partial charge in [0.2, 0.25) is 0 Å². The molecule has 0 unspecified atom stereocenters. The number of amides is 4. The van der Waals surface area contributed by atoms with Gasteiger partial charge in [-0.05, 0) is 125 Å². The molecule has 67 heavy (non-hydrogen) atoms. The van der Waals surface area contributed by atoms with Crippen molar-refractivity contribution in [2.24, 2.45) is 5.92 Å². The van der Waals surface area contributed by atoms with E-state index in [0.717, 1.165) is 5.56 Å². The van der Waals surface area contributed by atoms with Crippen LogP contribution in [-0.4, -0.2) is 55.7 Å². The maximum atomic E-state index is 15.2. The quantitative estimate of drug-likeness (QED) is 0.0917. The van der Waals surface area contributed by atoms with E-state index < -0.39 is 23.4 Å². The van der Waals surface area contributed by atoms with Gasteiger partial charge in [-0.3, -0.25) is 19.2 Å². The molecule has 0 aliphatic rings. The fourth-order valence-electron chi connectivity index (χ4n) is 8.18. The minimum atomic E-state index is -0.592. The molecule has 0 atom stereocenters. The van der Waals surface area contributed by atoms with Crippen molar-refractivity contribution in [3.63, 3.8) is 0 Å². The van der Waals surface area contributed by atoms with E-state index >= 15 is 4.39 Å². The summed E-state index contributed by atoms with van der Waals surface area (Å²) in [5, 5.41) is 18.1. The van der Waals surface area contributed by atoms with Crippen LogP contribution in [0.1, 0.15) is 67.3 Å². The fraction of sp³-hybridized carbons (Fsp3) is 0.167. The van der Waals surface area contributed by atoms with Crippen LogP contribution >= 0.6 is 0 Å². The molecule has 0 spiro atoms. The minimum Gasteiger partial charge on any atom is -0.455 e. The molecule has 0 saturated carbocycles. The first-order valence-electron chi connectivity index (χ1n) is 21.6. The maximum absolute atomic E-state index is 15.2. The van der Waals surface area contributed by atoms with E-state index in [9.17, 15) is 23.6 Å². The number of fused-ring (bicyclic) bond motifs is 2. The van der Waals surface area contributed by atoms with Crippen molar-refractivity contribution in [3.05, 3.63) is 167 Å². The summed E-state index contributed by atoms with van der Waals surface area (Å²) in [6.45, 7) is 4.67. The smallest absolute Gasteiger partial charge is 0.256 e. The molecule has 0 fully saturated rings. The number of nitrogens with zero attached hydrogens (tertiary/aromatic N) is 2. The molecule has 0 bridgehead atoms. The van der Waals surface area contributed by atoms with Crippen LogP contribution in [0.3, 0.4) is 0 Å². The van der Waals surface area contributed by atoms with Crippen LogP contribution in [0.25, 0.3) is 66.8 Å². The molecule has 0 radical (unpaired) electrons. The number of rotatable bonds is 14. The van der Waals surface area contributed by atoms with Gasteiger partial charge in [0, 0.05) is 66.8 Å². The Hall–Kier alpha value is -8.37. The summed E-state index contributed by atoms with van der Waals surface area (Å²) >= 11 is 0. The SMILES string of the molecule is CNC(=O)c1c(-c2ccc(F)cc2CNC(=O)c2c(-c3ccc(F)cc3)oc3ccc(-c4cccc(C(=O)N(C)CC(C)C)c4)cc23)oc2ccc(-c3cccc(C(=O)NCCC#N)c3)cc12. The first-order chi connectivity index (χ1) is 32.3. The Morgan fingerprint density at radius 1 is 0.642 bits per heavy atom. The predicted molar refractivity (Wildman–Crippen MR) is 253 cm³/mol. The number of benzene rings is 6. The van der Waals surface area contributed by atoms with Gasteiger partial charge in [0.15, 0.2) is 0 Å². The number of halogens is 2. The fourth-order valence-corrected chi connectivity index (χ4v) is 8.18. The zero-order valence-corrected chi connectivity index (χ0v) is 37.1. The van der Waals surface area contributed by atoms with Crippen LogP contribution in [-0.2, 0) is 6.54 Å². The van der Waals surface area contributed by atoms with Gasteiger partial charge in [0.25, 0.3) is 23.6 Å². The lowest BCUT2D eigenvalue weighted by Crippen LogP contribution is -2.30. The van der Waals surface area contributed by atoms with Gasteiger partial charge >= 0.3 is 0 Å². The van der Waals surface area contributed by atoms with E-state index in [1.807, 2.05) is 38.1 Å². The standard InChI is InChI=1S/C54H45F2N5O6/c1-31(2)30-61(4)54(65)38-11-6-9-34(25-38)36-14-20-45-43(27-36)47(49(66-45)32-12-16-40(55)17-13-32)53(64)60-29-39-26-41(56)18-19-42(39)50-48(52(63)58-3)44-28-35(15-21-46(44)67-50)33-8-5-10-37(24-33)51(62)59-23-7-22-57/h5-6,8-21,24-28,31H,7,23,29-30H2,1-4H3,(H,58,63)(H,59,62)(H,60,64). The van der Waals surface area contributed by atoms with E-state index in [1.165, 1.54) is 49.5 Å². The third kappa shape index (κ3) is 9.55. The first kappa shape index (κ1) is 45.2. The van der Waals surface area contributed by atoms with Crippen molar-refractivity contribution in [2.45, 2.75) is 26.8 Å². The molecule has 4 amide bonds. The van der Waals surface area contributed by atoms with Gasteiger partial charge in [-0.25, -0.2) is 8.78 Å². The highest BCUT2D eigenvalue weighted by molar-refractivity contribution is 6.13. The number of hydrogen-bond donors (Lipinski definition) is 3. The lowest BCUT2D eigenvalue weighted by molar-refractivity contribution is 0.0778. The maximum Gasteiger partial charge on any atom is 0.256 e. The molecule has 0 aliphatic carbocycles. The number of carbonyl (C=O) groups excluding carboxylic acids is 4. The highest BCUT2D eigenvalue weighted by atomic mass is 19.1. The molecule has 336 valence electrons. The summed E-state index contributed by atoms with van der Waals surface area (Å²) < 4.78 is 42.0. The molecule has 0 saturated heterocycles. The second kappa shape index (κ2) is 19.4. The van der Waals surface area contributed by atoms with E-state index in [0.29, 0.717) is 73.0 Å². The third-order valence-corrected chi connectivity index (χ3v) is 11.3. The Balaban J connectivity index is 1.15. The normalized spacial score (nSPS) is 11.1. The van der Waals surface area contributed by atoms with Gasteiger partial charge in [-0.1, -0.05) is 50.2 Å². The van der Waals surface area contributed by atoms with Crippen LogP contribution in [0.15, 0.2) is 136 Å². The Kier molecular flexibility index (Phi) is 13.1. The molecule has 0 aliphatic heterocycles. The summed E-state index contributed by atoms with van der Waals surface area (Å²) in [5.41, 5.74) is 5.89. The van der Waals surface area contributed by atoms with E-state index in [1.54, 1.807) is 78.7 Å². The van der Waals surface area contributed by atoms with Crippen LogP contribution in [0.4, 0.5) is 8.78 Å². The molecular formula is C54H45F2N5O6. The van der Waals surface area contributed by atoms with Crippen LogP contribution in [0, 0.1) is 28.9 Å². The van der Waals surface area contributed by atoms with Gasteiger partial charge in [0.05, 0.1) is 23.6 Å². The molecule has 2 aromatic heterocycles. The number of nitrogens with one attached hydrogen (secondary N) is 3. The Morgan fingerprint density at radius 3 is 1.84 bits per heavy atom. The molecule has 13 heteroatoms. The van der Waals surface area contributed by atoms with Crippen molar-refractivity contribution >= 4 is 45.6 Å².